The maximum Gasteiger partial charge on any atom is 0.275 e. The lowest BCUT2D eigenvalue weighted by Gasteiger charge is -2.24. The molecule has 1 unspecified atom stereocenters. The molecular formula is C25H31FN4O2S. The minimum absolute atomic E-state index is 0.185. The van der Waals surface area contributed by atoms with Crippen molar-refractivity contribution >= 4 is 27.2 Å². The minimum Gasteiger partial charge on any atom is -0.393 e. The highest BCUT2D eigenvalue weighted by atomic mass is 32.1. The van der Waals surface area contributed by atoms with E-state index in [1.807, 2.05) is 19.1 Å². The summed E-state index contributed by atoms with van der Waals surface area (Å²) in [6, 6.07) is 7.47. The summed E-state index contributed by atoms with van der Waals surface area (Å²) in [5.74, 6) is -0.304. The summed E-state index contributed by atoms with van der Waals surface area (Å²) in [6.45, 7) is 5.98. The van der Waals surface area contributed by atoms with Crippen molar-refractivity contribution in [3.63, 3.8) is 0 Å². The molecular weight excluding hydrogens is 439 g/mol. The van der Waals surface area contributed by atoms with Crippen LogP contribution in [0.3, 0.4) is 0 Å². The molecule has 0 aliphatic carbocycles. The first-order chi connectivity index (χ1) is 16.0. The number of thiophene rings is 1. The number of nitrogens with zero attached hydrogens (tertiary/aromatic N) is 4. The summed E-state index contributed by atoms with van der Waals surface area (Å²) in [5, 5.41) is 9.82. The van der Waals surface area contributed by atoms with E-state index in [-0.39, 0.29) is 17.5 Å². The highest BCUT2D eigenvalue weighted by molar-refractivity contribution is 7.18. The Hall–Kier alpha value is -2.29. The number of anilines is 1. The molecule has 0 bridgehead atoms. The Kier molecular flexibility index (Phi) is 6.49. The number of hydrogen-bond acceptors (Lipinski definition) is 6. The molecule has 2 atom stereocenters. The number of rotatable bonds is 7. The predicted molar refractivity (Wildman–Crippen MR) is 131 cm³/mol. The van der Waals surface area contributed by atoms with Gasteiger partial charge in [-0.05, 0) is 69.8 Å². The number of aryl methyl sites for hydroxylation is 1. The molecule has 0 radical (unpaired) electrons. The van der Waals surface area contributed by atoms with Gasteiger partial charge in [-0.25, -0.2) is 9.37 Å². The van der Waals surface area contributed by atoms with Gasteiger partial charge < -0.3 is 10.0 Å². The molecule has 2 aromatic heterocycles. The van der Waals surface area contributed by atoms with Crippen molar-refractivity contribution in [3.05, 3.63) is 51.6 Å². The number of aliphatic hydroxyl groups is 1. The average Bonchev–Trinajstić information content (AvgIpc) is 3.58. The van der Waals surface area contributed by atoms with Gasteiger partial charge in [0.15, 0.2) is 0 Å². The summed E-state index contributed by atoms with van der Waals surface area (Å²) in [4.78, 5) is 23.3. The van der Waals surface area contributed by atoms with E-state index in [9.17, 15) is 9.90 Å². The lowest BCUT2D eigenvalue weighted by atomic mass is 10.1. The molecule has 2 aliphatic rings. The van der Waals surface area contributed by atoms with Crippen LogP contribution in [0.15, 0.2) is 35.4 Å². The Morgan fingerprint density at radius 2 is 2.06 bits per heavy atom. The summed E-state index contributed by atoms with van der Waals surface area (Å²) < 4.78 is 17.1. The Bertz CT molecular complexity index is 1190. The summed E-state index contributed by atoms with van der Waals surface area (Å²) in [7, 11) is 0. The van der Waals surface area contributed by atoms with Crippen LogP contribution in [0.1, 0.15) is 43.9 Å². The normalized spacial score (nSPS) is 20.2. The van der Waals surface area contributed by atoms with Crippen LogP contribution >= 0.6 is 11.3 Å². The first-order valence-electron chi connectivity index (χ1n) is 12.0. The van der Waals surface area contributed by atoms with Crippen molar-refractivity contribution in [3.8, 4) is 5.69 Å². The van der Waals surface area contributed by atoms with E-state index in [1.54, 1.807) is 6.07 Å². The molecule has 5 rings (SSSR count). The van der Waals surface area contributed by atoms with Gasteiger partial charge in [-0.1, -0.05) is 6.92 Å². The fraction of sp³-hybridized carbons (Fsp3) is 0.520. The lowest BCUT2D eigenvalue weighted by Crippen LogP contribution is -2.35. The Morgan fingerprint density at radius 1 is 1.24 bits per heavy atom. The zero-order valence-electron chi connectivity index (χ0n) is 19.0. The average molecular weight is 471 g/mol. The molecule has 6 nitrogen and oxygen atoms in total. The largest absolute Gasteiger partial charge is 0.393 e. The van der Waals surface area contributed by atoms with E-state index in [0.29, 0.717) is 46.9 Å². The Balaban J connectivity index is 1.36. The second-order valence-corrected chi connectivity index (χ2v) is 10.4. The van der Waals surface area contributed by atoms with E-state index < -0.39 is 0 Å². The predicted octanol–water partition coefficient (Wildman–Crippen LogP) is 3.96. The number of benzene rings is 1. The lowest BCUT2D eigenvalue weighted by molar-refractivity contribution is 0.161. The maximum atomic E-state index is 15.1. The van der Waals surface area contributed by atoms with Crippen LogP contribution in [0.5, 0.6) is 0 Å². The van der Waals surface area contributed by atoms with Gasteiger partial charge in [-0.2, -0.15) is 0 Å². The highest BCUT2D eigenvalue weighted by Crippen LogP contribution is 2.29. The van der Waals surface area contributed by atoms with E-state index in [2.05, 4.69) is 14.8 Å². The van der Waals surface area contributed by atoms with Gasteiger partial charge in [0.1, 0.15) is 16.8 Å². The number of likely N-dealkylation sites (tertiary alicyclic amines) is 1. The molecule has 3 aromatic rings. The molecule has 4 heterocycles. The van der Waals surface area contributed by atoms with E-state index in [4.69, 9.17) is 0 Å². The van der Waals surface area contributed by atoms with Gasteiger partial charge in [-0.15, -0.1) is 11.3 Å². The van der Waals surface area contributed by atoms with Gasteiger partial charge in [0, 0.05) is 30.1 Å². The Labute approximate surface area is 197 Å². The van der Waals surface area contributed by atoms with E-state index in [1.165, 1.54) is 41.1 Å². The molecule has 1 aromatic carbocycles. The number of aliphatic hydroxyl groups excluding tert-OH is 1. The molecule has 2 fully saturated rings. The standard InChI is InChI=1S/C25H31FN4O2S/c1-2-19(31)6-7-20-14-22-24(33-20)25(32)30(16-27-22)17-5-8-23(21(26)13-17)29-12-9-18(15-29)28-10-3-4-11-28/h5,8,13-14,16,18-19,31H,2-4,6-7,9-12,15H2,1H3/t18-,19?/m1/s1. The van der Waals surface area contributed by atoms with E-state index >= 15 is 4.39 Å². The summed E-state index contributed by atoms with van der Waals surface area (Å²) >= 11 is 1.41. The molecule has 176 valence electrons. The smallest absolute Gasteiger partial charge is 0.275 e. The van der Waals surface area contributed by atoms with Crippen LogP contribution in [0.2, 0.25) is 0 Å². The van der Waals surface area contributed by atoms with Crippen molar-refractivity contribution in [2.75, 3.05) is 31.1 Å². The second-order valence-electron chi connectivity index (χ2n) is 9.21. The zero-order valence-corrected chi connectivity index (χ0v) is 19.9. The van der Waals surface area contributed by atoms with Gasteiger partial charge in [0.05, 0.1) is 23.0 Å². The fourth-order valence-electron chi connectivity index (χ4n) is 5.05. The number of aromatic nitrogens is 2. The third-order valence-electron chi connectivity index (χ3n) is 7.05. The highest BCUT2D eigenvalue weighted by Gasteiger charge is 2.30. The minimum atomic E-state index is -0.331. The first-order valence-corrected chi connectivity index (χ1v) is 12.8. The maximum absolute atomic E-state index is 15.1. The zero-order chi connectivity index (χ0) is 22.9. The van der Waals surface area contributed by atoms with Crippen molar-refractivity contribution in [2.24, 2.45) is 0 Å². The number of fused-ring (bicyclic) bond motifs is 1. The molecule has 1 N–H and O–H groups in total. The molecule has 2 saturated heterocycles. The molecule has 0 saturated carbocycles. The first kappa shape index (κ1) is 22.5. The van der Waals surface area contributed by atoms with E-state index in [0.717, 1.165) is 37.5 Å². The SMILES string of the molecule is CCC(O)CCc1cc2ncn(-c3ccc(N4CC[C@@H](N5CCCC5)C4)c(F)c3)c(=O)c2s1. The van der Waals surface area contributed by atoms with Gasteiger partial charge in [0.2, 0.25) is 0 Å². The number of halogens is 1. The van der Waals surface area contributed by atoms with Crippen LogP contribution in [0.4, 0.5) is 10.1 Å². The molecule has 2 aliphatic heterocycles. The molecule has 8 heteroatoms. The summed E-state index contributed by atoms with van der Waals surface area (Å²) in [5.41, 5.74) is 1.57. The van der Waals surface area contributed by atoms with Crippen LogP contribution in [-0.2, 0) is 6.42 Å². The quantitative estimate of drug-likeness (QED) is 0.566. The van der Waals surface area contributed by atoms with Crippen LogP contribution in [-0.4, -0.2) is 57.9 Å². The van der Waals surface area contributed by atoms with Crippen LogP contribution in [0.25, 0.3) is 15.9 Å². The van der Waals surface area contributed by atoms with Crippen LogP contribution < -0.4 is 10.5 Å². The van der Waals surface area contributed by atoms with Crippen molar-refractivity contribution < 1.29 is 9.50 Å². The monoisotopic (exact) mass is 470 g/mol. The third-order valence-corrected chi connectivity index (χ3v) is 8.23. The molecule has 0 spiro atoms. The Morgan fingerprint density at radius 3 is 2.82 bits per heavy atom. The third kappa shape index (κ3) is 4.56. The van der Waals surface area contributed by atoms with Crippen molar-refractivity contribution in [1.82, 2.24) is 14.5 Å². The molecule has 0 amide bonds. The topological polar surface area (TPSA) is 61.6 Å². The summed E-state index contributed by atoms with van der Waals surface area (Å²) in [6.07, 6.45) is 6.84. The van der Waals surface area contributed by atoms with Crippen LogP contribution in [0, 0.1) is 5.82 Å². The number of hydrogen-bond donors (Lipinski definition) is 1. The fourth-order valence-corrected chi connectivity index (χ4v) is 6.10. The molecule has 33 heavy (non-hydrogen) atoms. The second kappa shape index (κ2) is 9.52. The van der Waals surface area contributed by atoms with Crippen molar-refractivity contribution in [1.29, 1.82) is 0 Å². The van der Waals surface area contributed by atoms with Gasteiger partial charge in [-0.3, -0.25) is 14.3 Å². The van der Waals surface area contributed by atoms with Crippen molar-refractivity contribution in [2.45, 2.75) is 57.6 Å². The van der Waals surface area contributed by atoms with Gasteiger partial charge in [0.25, 0.3) is 5.56 Å². The van der Waals surface area contributed by atoms with Gasteiger partial charge >= 0.3 is 0 Å².